The van der Waals surface area contributed by atoms with E-state index in [0.717, 1.165) is 48.3 Å². The Kier molecular flexibility index (Phi) is 18.5. The Morgan fingerprint density at radius 3 is 2.23 bits per heavy atom. The number of hydrogen-bond acceptors (Lipinski definition) is 10. The molecule has 0 spiro atoms. The number of halogens is 3. The van der Waals surface area contributed by atoms with E-state index in [1.165, 1.54) is 37.1 Å². The van der Waals surface area contributed by atoms with Gasteiger partial charge in [-0.05, 0) is 78.5 Å². The molecule has 1 fully saturated rings. The molecule has 14 heteroatoms. The summed E-state index contributed by atoms with van der Waals surface area (Å²) >= 11 is 0. The summed E-state index contributed by atoms with van der Waals surface area (Å²) in [6, 6.07) is 21.6. The van der Waals surface area contributed by atoms with Crippen molar-refractivity contribution < 1.29 is 36.6 Å². The monoisotopic (exact) mass is 834 g/mol. The molecule has 0 unspecified atom stereocenters. The molecule has 61 heavy (non-hydrogen) atoms. The van der Waals surface area contributed by atoms with Crippen molar-refractivity contribution >= 4 is 0 Å². The van der Waals surface area contributed by atoms with Crippen molar-refractivity contribution in [3.63, 3.8) is 0 Å². The van der Waals surface area contributed by atoms with Crippen LogP contribution in [0, 0.1) is 28.8 Å². The minimum absolute atomic E-state index is 0.0538. The lowest BCUT2D eigenvalue weighted by Crippen LogP contribution is -2.04. The van der Waals surface area contributed by atoms with Gasteiger partial charge in [-0.25, -0.2) is 18.2 Å². The molecule has 1 aliphatic heterocycles. The van der Waals surface area contributed by atoms with Gasteiger partial charge in [0.15, 0.2) is 0 Å². The lowest BCUT2D eigenvalue weighted by Gasteiger charge is -2.10. The second kappa shape index (κ2) is 24.2. The van der Waals surface area contributed by atoms with E-state index in [1.54, 1.807) is 36.9 Å². The predicted octanol–water partition coefficient (Wildman–Crippen LogP) is 10.7. The van der Waals surface area contributed by atoms with Crippen LogP contribution < -0.4 is 14.2 Å². The zero-order valence-corrected chi connectivity index (χ0v) is 35.0. The van der Waals surface area contributed by atoms with Crippen molar-refractivity contribution in [2.75, 3.05) is 20.3 Å². The fourth-order valence-corrected chi connectivity index (χ4v) is 5.41. The molecule has 1 saturated heterocycles. The van der Waals surface area contributed by atoms with Crippen LogP contribution in [0.1, 0.15) is 61.7 Å². The topological polar surface area (TPSA) is 130 Å². The van der Waals surface area contributed by atoms with Gasteiger partial charge in [0, 0.05) is 43.9 Å². The maximum Gasteiger partial charge on any atom is 0.255 e. The van der Waals surface area contributed by atoms with E-state index < -0.39 is 17.5 Å². The largest absolute Gasteiger partial charge is 0.497 e. The second-order valence-electron chi connectivity index (χ2n) is 13.1. The SMILES string of the molecule is C1CCOC1.C=C/C=C\C(=C)C.CC.COc1ccc(COc2cc(-c3nnc(Cc4cc(F)c(-c5cccc(OCc6ccc(C#N)cc6F)n5)cc4F)n3C)on2)cc1. The van der Waals surface area contributed by atoms with E-state index in [1.807, 2.05) is 63.3 Å². The minimum Gasteiger partial charge on any atom is -0.497 e. The molecular formula is C47H49F3N6O5. The Labute approximate surface area is 354 Å². The molecule has 6 aromatic rings. The molecule has 0 aliphatic carbocycles. The van der Waals surface area contributed by atoms with Crippen LogP contribution in [-0.4, -0.2) is 45.2 Å². The van der Waals surface area contributed by atoms with Gasteiger partial charge in [-0.3, -0.25) is 0 Å². The summed E-state index contributed by atoms with van der Waals surface area (Å²) in [4.78, 5) is 4.27. The Morgan fingerprint density at radius 2 is 1.61 bits per heavy atom. The first kappa shape index (κ1) is 46.7. The highest BCUT2D eigenvalue weighted by molar-refractivity contribution is 5.61. The lowest BCUT2D eigenvalue weighted by molar-refractivity contribution is 0.198. The molecule has 4 heterocycles. The molecule has 0 atom stereocenters. The third-order valence-corrected chi connectivity index (χ3v) is 8.61. The summed E-state index contributed by atoms with van der Waals surface area (Å²) in [5, 5.41) is 21.1. The number of hydrogen-bond donors (Lipinski definition) is 0. The molecule has 3 aromatic carbocycles. The van der Waals surface area contributed by atoms with Crippen LogP contribution in [0.15, 0.2) is 120 Å². The number of methoxy groups -OCH3 is 1. The summed E-state index contributed by atoms with van der Waals surface area (Å²) in [6.45, 7) is 15.2. The summed E-state index contributed by atoms with van der Waals surface area (Å²) in [6.07, 6.45) is 8.00. The number of nitriles is 1. The highest BCUT2D eigenvalue weighted by Crippen LogP contribution is 2.29. The van der Waals surface area contributed by atoms with E-state index in [-0.39, 0.29) is 65.1 Å². The summed E-state index contributed by atoms with van der Waals surface area (Å²) < 4.78 is 73.2. The quantitative estimate of drug-likeness (QED) is 0.104. The molecule has 0 N–H and O–H groups in total. The predicted molar refractivity (Wildman–Crippen MR) is 227 cm³/mol. The molecule has 7 rings (SSSR count). The molecule has 1 aliphatic rings. The van der Waals surface area contributed by atoms with Gasteiger partial charge in [-0.1, -0.05) is 75.1 Å². The normalized spacial score (nSPS) is 11.5. The van der Waals surface area contributed by atoms with Gasteiger partial charge >= 0.3 is 0 Å². The molecule has 0 amide bonds. The third kappa shape index (κ3) is 14.1. The number of aromatic nitrogens is 5. The van der Waals surface area contributed by atoms with Gasteiger partial charge in [0.2, 0.25) is 17.5 Å². The summed E-state index contributed by atoms with van der Waals surface area (Å²) in [5.74, 6) is 0.0505. The number of pyridine rings is 1. The maximum atomic E-state index is 15.3. The molecular weight excluding hydrogens is 786 g/mol. The van der Waals surface area contributed by atoms with Gasteiger partial charge in [-0.2, -0.15) is 5.26 Å². The smallest absolute Gasteiger partial charge is 0.255 e. The maximum absolute atomic E-state index is 15.3. The first-order chi connectivity index (χ1) is 29.6. The Bertz CT molecular complexity index is 2410. The van der Waals surface area contributed by atoms with Crippen LogP contribution in [0.3, 0.4) is 0 Å². The Balaban J connectivity index is 0.000000503. The second-order valence-corrected chi connectivity index (χ2v) is 13.1. The molecule has 0 radical (unpaired) electrons. The summed E-state index contributed by atoms with van der Waals surface area (Å²) in [5.41, 5.74) is 2.46. The number of allylic oxidation sites excluding steroid dienone is 4. The fourth-order valence-electron chi connectivity index (χ4n) is 5.41. The Hall–Kier alpha value is -6.98. The van der Waals surface area contributed by atoms with Crippen molar-refractivity contribution in [3.05, 3.63) is 161 Å². The van der Waals surface area contributed by atoms with E-state index in [4.69, 9.17) is 28.7 Å². The molecule has 3 aromatic heterocycles. The van der Waals surface area contributed by atoms with Crippen LogP contribution in [0.5, 0.6) is 17.5 Å². The minimum atomic E-state index is -0.708. The van der Waals surface area contributed by atoms with Crippen LogP contribution >= 0.6 is 0 Å². The number of rotatable bonds is 13. The highest BCUT2D eigenvalue weighted by Gasteiger charge is 2.20. The van der Waals surface area contributed by atoms with Gasteiger partial charge in [0.25, 0.3) is 5.88 Å². The van der Waals surface area contributed by atoms with E-state index in [2.05, 4.69) is 33.5 Å². The van der Waals surface area contributed by atoms with E-state index in [9.17, 15) is 4.39 Å². The Morgan fingerprint density at radius 1 is 0.885 bits per heavy atom. The fraction of sp³-hybridized carbons (Fsp3) is 0.255. The standard InChI is InChI=1S/C34H25F3N6O4.C7H10.C4H8O.C2H6/c1-43-31(40-41-34(43)30-16-33(42-47-30)45-18-20-7-10-24(44-2)11-8-20)14-23-13-28(37)25(15-27(23)36)29-4-3-5-32(39-29)46-19-22-9-6-21(17-38)12-26(22)35;1-4-5-6-7(2)3;1-2-4-5-3-1;1-2/h3-13,15-16H,14,18-19H2,1-2H3;4-6H,1-2H2,3H3;1-4H2;1-2H3/b;6-5-;;. The van der Waals surface area contributed by atoms with Crippen LogP contribution in [-0.2, 0) is 31.4 Å². The van der Waals surface area contributed by atoms with Crippen molar-refractivity contribution in [1.82, 2.24) is 24.9 Å². The van der Waals surface area contributed by atoms with E-state index in [0.29, 0.717) is 11.6 Å². The molecule has 0 saturated carbocycles. The van der Waals surface area contributed by atoms with E-state index >= 15 is 8.78 Å². The zero-order valence-electron chi connectivity index (χ0n) is 35.0. The van der Waals surface area contributed by atoms with Gasteiger partial charge in [-0.15, -0.1) is 10.2 Å². The van der Waals surface area contributed by atoms with Crippen molar-refractivity contribution in [1.29, 1.82) is 5.26 Å². The van der Waals surface area contributed by atoms with Crippen molar-refractivity contribution in [3.8, 4) is 46.4 Å². The zero-order chi connectivity index (χ0) is 44.1. The third-order valence-electron chi connectivity index (χ3n) is 8.61. The van der Waals surface area contributed by atoms with Gasteiger partial charge in [0.05, 0.1) is 30.5 Å². The number of nitrogens with zero attached hydrogens (tertiary/aromatic N) is 6. The molecule has 11 nitrogen and oxygen atoms in total. The van der Waals surface area contributed by atoms with Crippen LogP contribution in [0.4, 0.5) is 13.2 Å². The van der Waals surface area contributed by atoms with Crippen molar-refractivity contribution in [2.24, 2.45) is 7.05 Å². The van der Waals surface area contributed by atoms with Gasteiger partial charge < -0.3 is 28.0 Å². The first-order valence-corrected chi connectivity index (χ1v) is 19.5. The van der Waals surface area contributed by atoms with Crippen molar-refractivity contribution in [2.45, 2.75) is 53.2 Å². The number of ether oxygens (including phenoxy) is 4. The average Bonchev–Trinajstić information content (AvgIpc) is 4.09. The first-order valence-electron chi connectivity index (χ1n) is 19.5. The lowest BCUT2D eigenvalue weighted by atomic mass is 10.0. The van der Waals surface area contributed by atoms with Gasteiger partial charge in [0.1, 0.15) is 42.2 Å². The summed E-state index contributed by atoms with van der Waals surface area (Å²) in [7, 11) is 3.27. The van der Waals surface area contributed by atoms with Crippen LogP contribution in [0.2, 0.25) is 0 Å². The average molecular weight is 835 g/mol. The molecule has 0 bridgehead atoms. The number of benzene rings is 3. The molecule has 318 valence electrons. The highest BCUT2D eigenvalue weighted by atomic mass is 19.1. The van der Waals surface area contributed by atoms with Crippen LogP contribution in [0.25, 0.3) is 22.8 Å².